The minimum Gasteiger partial charge on any atom is -0.265 e. The molecule has 0 aliphatic heterocycles. The van der Waals surface area contributed by atoms with Crippen LogP contribution in [0.15, 0.2) is 6.20 Å². The number of unbranched alkanes of at least 4 members (excludes halogenated alkanes) is 2. The number of aryl methyl sites for hydroxylation is 1. The molecule has 0 fully saturated rings. The molecule has 1 heterocycles. The monoisotopic (exact) mass is 183 g/mol. The van der Waals surface area contributed by atoms with Crippen molar-refractivity contribution in [3.8, 4) is 0 Å². The van der Waals surface area contributed by atoms with E-state index in [9.17, 15) is 0 Å². The number of hydrogen-bond donors (Lipinski definition) is 1. The summed E-state index contributed by atoms with van der Waals surface area (Å²) < 4.78 is 0.570. The third-order valence-corrected chi connectivity index (χ3v) is 1.83. The number of hydrogen-bond acceptors (Lipinski definition) is 3. The number of rotatable bonds is 4. The van der Waals surface area contributed by atoms with Gasteiger partial charge in [-0.2, -0.15) is 5.10 Å². The van der Waals surface area contributed by atoms with Gasteiger partial charge in [-0.3, -0.25) is 5.10 Å². The van der Waals surface area contributed by atoms with Crippen LogP contribution in [-0.2, 0) is 6.42 Å². The van der Waals surface area contributed by atoms with Crippen LogP contribution in [0.1, 0.15) is 32.0 Å². The average molecular weight is 183 g/mol. The van der Waals surface area contributed by atoms with Gasteiger partial charge >= 0.3 is 0 Å². The summed E-state index contributed by atoms with van der Waals surface area (Å²) in [6.45, 7) is 2.18. The van der Waals surface area contributed by atoms with Crippen molar-refractivity contribution >= 4 is 12.2 Å². The molecule has 1 aromatic heterocycles. The van der Waals surface area contributed by atoms with E-state index in [1.54, 1.807) is 6.20 Å². The van der Waals surface area contributed by atoms with Crippen molar-refractivity contribution in [1.29, 1.82) is 0 Å². The fourth-order valence-corrected chi connectivity index (χ4v) is 1.17. The first-order valence-electron chi connectivity index (χ1n) is 4.23. The van der Waals surface area contributed by atoms with Gasteiger partial charge in [-0.15, -0.1) is 0 Å². The van der Waals surface area contributed by atoms with E-state index in [2.05, 4.69) is 22.1 Å². The number of H-pyrrole nitrogens is 1. The fraction of sp³-hybridized carbons (Fsp3) is 0.625. The van der Waals surface area contributed by atoms with Crippen LogP contribution in [0.25, 0.3) is 0 Å². The first-order valence-corrected chi connectivity index (χ1v) is 4.64. The van der Waals surface area contributed by atoms with Gasteiger partial charge in [0.2, 0.25) is 0 Å². The maximum absolute atomic E-state index is 4.88. The van der Waals surface area contributed by atoms with Crippen molar-refractivity contribution < 1.29 is 0 Å². The van der Waals surface area contributed by atoms with Gasteiger partial charge in [0.25, 0.3) is 0 Å². The van der Waals surface area contributed by atoms with E-state index in [1.165, 1.54) is 12.8 Å². The van der Waals surface area contributed by atoms with Crippen LogP contribution in [0.5, 0.6) is 0 Å². The summed E-state index contributed by atoms with van der Waals surface area (Å²) in [5, 5.41) is 6.71. The summed E-state index contributed by atoms with van der Waals surface area (Å²) in [7, 11) is 0. The lowest BCUT2D eigenvalue weighted by Crippen LogP contribution is -1.96. The molecule has 0 spiro atoms. The van der Waals surface area contributed by atoms with Crippen molar-refractivity contribution in [3.63, 3.8) is 0 Å². The van der Waals surface area contributed by atoms with Crippen LogP contribution in [0.3, 0.4) is 0 Å². The van der Waals surface area contributed by atoms with Crippen molar-refractivity contribution in [2.24, 2.45) is 0 Å². The van der Waals surface area contributed by atoms with E-state index in [4.69, 9.17) is 12.2 Å². The van der Waals surface area contributed by atoms with Crippen LogP contribution >= 0.6 is 12.2 Å². The number of nitrogens with one attached hydrogen (secondary N) is 1. The zero-order chi connectivity index (χ0) is 8.81. The Hall–Kier alpha value is -0.770. The molecule has 1 rings (SSSR count). The van der Waals surface area contributed by atoms with E-state index >= 15 is 0 Å². The van der Waals surface area contributed by atoms with Gasteiger partial charge in [-0.05, 0) is 6.42 Å². The lowest BCUT2D eigenvalue weighted by molar-refractivity contribution is 0.680. The van der Waals surface area contributed by atoms with Crippen LogP contribution in [0, 0.1) is 4.64 Å². The summed E-state index contributed by atoms with van der Waals surface area (Å²) in [4.78, 5) is 4.14. The predicted molar refractivity (Wildman–Crippen MR) is 50.4 cm³/mol. The van der Waals surface area contributed by atoms with Crippen molar-refractivity contribution in [3.05, 3.63) is 16.7 Å². The van der Waals surface area contributed by atoms with E-state index in [1.807, 2.05) is 0 Å². The molecule has 4 heteroatoms. The third kappa shape index (κ3) is 3.09. The van der Waals surface area contributed by atoms with Crippen molar-refractivity contribution in [2.45, 2.75) is 32.6 Å². The maximum Gasteiger partial charge on any atom is 0.148 e. The van der Waals surface area contributed by atoms with E-state index < -0.39 is 0 Å². The number of aromatic amines is 1. The molecule has 0 aromatic carbocycles. The Kier molecular flexibility index (Phi) is 3.87. The van der Waals surface area contributed by atoms with Gasteiger partial charge < -0.3 is 0 Å². The summed E-state index contributed by atoms with van der Waals surface area (Å²) in [5.74, 6) is 0.899. The number of nitrogens with zero attached hydrogens (tertiary/aromatic N) is 2. The molecular formula is C8H13N3S. The molecule has 0 aliphatic carbocycles. The molecule has 0 saturated heterocycles. The van der Waals surface area contributed by atoms with Gasteiger partial charge in [0.1, 0.15) is 10.5 Å². The molecule has 66 valence electrons. The number of aromatic nitrogens is 3. The molecule has 1 N–H and O–H groups in total. The van der Waals surface area contributed by atoms with Crippen molar-refractivity contribution in [1.82, 2.24) is 15.2 Å². The molecule has 0 saturated carbocycles. The molecule has 0 amide bonds. The molecule has 0 bridgehead atoms. The SMILES string of the molecule is CCCCCc1nc(=S)cn[nH]1. The normalized spacial score (nSPS) is 10.1. The van der Waals surface area contributed by atoms with Gasteiger partial charge in [-0.1, -0.05) is 32.0 Å². The molecule has 0 radical (unpaired) electrons. The summed E-state index contributed by atoms with van der Waals surface area (Å²) in [5.41, 5.74) is 0. The summed E-state index contributed by atoms with van der Waals surface area (Å²) in [6, 6.07) is 0. The topological polar surface area (TPSA) is 41.6 Å². The highest BCUT2D eigenvalue weighted by molar-refractivity contribution is 7.71. The molecule has 3 nitrogen and oxygen atoms in total. The average Bonchev–Trinajstić information content (AvgIpc) is 2.05. The fourth-order valence-electron chi connectivity index (χ4n) is 1.00. The summed E-state index contributed by atoms with van der Waals surface area (Å²) >= 11 is 4.88. The lowest BCUT2D eigenvalue weighted by atomic mass is 10.2. The van der Waals surface area contributed by atoms with E-state index in [-0.39, 0.29) is 0 Å². The minimum atomic E-state index is 0.570. The molecule has 0 atom stereocenters. The molecule has 0 aliphatic rings. The Morgan fingerprint density at radius 2 is 2.33 bits per heavy atom. The maximum atomic E-state index is 4.88. The molecule has 0 unspecified atom stereocenters. The molecule has 1 aromatic rings. The second-order valence-electron chi connectivity index (χ2n) is 2.72. The Balaban J connectivity index is 2.47. The highest BCUT2D eigenvalue weighted by Crippen LogP contribution is 1.99. The highest BCUT2D eigenvalue weighted by Gasteiger charge is 1.93. The summed E-state index contributed by atoms with van der Waals surface area (Å²) in [6.07, 6.45) is 6.11. The van der Waals surface area contributed by atoms with Crippen LogP contribution in [0.4, 0.5) is 0 Å². The highest BCUT2D eigenvalue weighted by atomic mass is 32.1. The van der Waals surface area contributed by atoms with Crippen LogP contribution in [-0.4, -0.2) is 15.2 Å². The van der Waals surface area contributed by atoms with E-state index in [0.29, 0.717) is 4.64 Å². The van der Waals surface area contributed by atoms with Gasteiger partial charge in [0.05, 0.1) is 6.20 Å². The Morgan fingerprint density at radius 3 is 3.00 bits per heavy atom. The van der Waals surface area contributed by atoms with Crippen molar-refractivity contribution in [2.75, 3.05) is 0 Å². The largest absolute Gasteiger partial charge is 0.265 e. The van der Waals surface area contributed by atoms with Gasteiger partial charge in [0, 0.05) is 6.42 Å². The van der Waals surface area contributed by atoms with Crippen LogP contribution < -0.4 is 0 Å². The first kappa shape index (κ1) is 9.32. The predicted octanol–water partition coefficient (Wildman–Crippen LogP) is 2.27. The third-order valence-electron chi connectivity index (χ3n) is 1.63. The second kappa shape index (κ2) is 4.98. The first-order chi connectivity index (χ1) is 5.83. The Labute approximate surface area is 77.2 Å². The van der Waals surface area contributed by atoms with Gasteiger partial charge in [-0.25, -0.2) is 4.98 Å². The second-order valence-corrected chi connectivity index (χ2v) is 3.14. The minimum absolute atomic E-state index is 0.570. The standard InChI is InChI=1S/C8H13N3S/c1-2-3-4-5-7-10-8(12)6-9-11-7/h6H,2-5H2,1H3,(H,10,11,12). The zero-order valence-corrected chi connectivity index (χ0v) is 8.02. The van der Waals surface area contributed by atoms with Crippen LogP contribution in [0.2, 0.25) is 0 Å². The Bertz CT molecular complexity index is 282. The van der Waals surface area contributed by atoms with Gasteiger partial charge in [0.15, 0.2) is 0 Å². The lowest BCUT2D eigenvalue weighted by Gasteiger charge is -1.97. The smallest absolute Gasteiger partial charge is 0.148 e. The zero-order valence-electron chi connectivity index (χ0n) is 7.21. The Morgan fingerprint density at radius 1 is 1.50 bits per heavy atom. The quantitative estimate of drug-likeness (QED) is 0.575. The molecular weight excluding hydrogens is 170 g/mol. The molecule has 12 heavy (non-hydrogen) atoms. The van der Waals surface area contributed by atoms with E-state index in [0.717, 1.165) is 18.7 Å².